The second-order valence-corrected chi connectivity index (χ2v) is 7.78. The van der Waals surface area contributed by atoms with Gasteiger partial charge in [-0.05, 0) is 42.8 Å². The van der Waals surface area contributed by atoms with Crippen LogP contribution in [0.25, 0.3) is 0 Å². The first kappa shape index (κ1) is 17.1. The molecule has 0 amide bonds. The largest absolute Gasteiger partial charge is 0.378 e. The third-order valence-corrected chi connectivity index (χ3v) is 5.56. The Balaban J connectivity index is 1.88. The number of anilines is 2. The molecule has 0 radical (unpaired) electrons. The quantitative estimate of drug-likeness (QED) is 0.902. The van der Waals surface area contributed by atoms with Crippen molar-refractivity contribution in [2.75, 3.05) is 35.9 Å². The van der Waals surface area contributed by atoms with Crippen molar-refractivity contribution in [3.8, 4) is 0 Å². The average molecular weight is 367 g/mol. The maximum atomic E-state index is 12.6. The second kappa shape index (κ2) is 7.01. The molecular formula is C17H19ClN2O3S. The lowest BCUT2D eigenvalue weighted by atomic mass is 10.2. The van der Waals surface area contributed by atoms with Gasteiger partial charge in [-0.15, -0.1) is 0 Å². The van der Waals surface area contributed by atoms with E-state index < -0.39 is 10.0 Å². The first-order valence-electron chi connectivity index (χ1n) is 7.67. The Labute approximate surface area is 147 Å². The number of morpholine rings is 1. The van der Waals surface area contributed by atoms with E-state index in [1.54, 1.807) is 30.3 Å². The van der Waals surface area contributed by atoms with E-state index in [1.165, 1.54) is 0 Å². The molecule has 0 aliphatic carbocycles. The maximum Gasteiger partial charge on any atom is 0.261 e. The zero-order valence-corrected chi connectivity index (χ0v) is 14.9. The highest BCUT2D eigenvalue weighted by molar-refractivity contribution is 7.92. The number of aryl methyl sites for hydroxylation is 1. The van der Waals surface area contributed by atoms with Gasteiger partial charge in [0.25, 0.3) is 10.0 Å². The highest BCUT2D eigenvalue weighted by atomic mass is 35.5. The van der Waals surface area contributed by atoms with Crippen molar-refractivity contribution in [1.82, 2.24) is 0 Å². The molecule has 2 aromatic rings. The molecule has 1 heterocycles. The topological polar surface area (TPSA) is 58.6 Å². The van der Waals surface area contributed by atoms with Crippen LogP contribution >= 0.6 is 11.6 Å². The van der Waals surface area contributed by atoms with Gasteiger partial charge >= 0.3 is 0 Å². The number of halogens is 1. The van der Waals surface area contributed by atoms with Crippen LogP contribution in [-0.4, -0.2) is 34.7 Å². The molecule has 1 aliphatic heterocycles. The molecule has 3 rings (SSSR count). The van der Waals surface area contributed by atoms with E-state index in [0.29, 0.717) is 23.9 Å². The molecule has 0 saturated carbocycles. The van der Waals surface area contributed by atoms with Gasteiger partial charge in [0.15, 0.2) is 0 Å². The third kappa shape index (κ3) is 3.83. The van der Waals surface area contributed by atoms with Gasteiger partial charge in [-0.25, -0.2) is 8.42 Å². The number of rotatable bonds is 4. The predicted molar refractivity (Wildman–Crippen MR) is 96.5 cm³/mol. The zero-order valence-electron chi connectivity index (χ0n) is 13.3. The first-order chi connectivity index (χ1) is 11.5. The van der Waals surface area contributed by atoms with Gasteiger partial charge in [-0.3, -0.25) is 4.72 Å². The summed E-state index contributed by atoms with van der Waals surface area (Å²) in [5, 5.41) is 0.364. The Morgan fingerprint density at radius 2 is 1.88 bits per heavy atom. The van der Waals surface area contributed by atoms with Gasteiger partial charge in [0.05, 0.1) is 28.8 Å². The van der Waals surface area contributed by atoms with Gasteiger partial charge in [-0.2, -0.15) is 0 Å². The normalized spacial score (nSPS) is 15.3. The van der Waals surface area contributed by atoms with Crippen LogP contribution in [0.15, 0.2) is 47.4 Å². The fraction of sp³-hybridized carbons (Fsp3) is 0.294. The van der Waals surface area contributed by atoms with E-state index in [9.17, 15) is 8.42 Å². The number of hydrogen-bond donors (Lipinski definition) is 1. The maximum absolute atomic E-state index is 12.6. The monoisotopic (exact) mass is 366 g/mol. The Morgan fingerprint density at radius 3 is 2.58 bits per heavy atom. The number of sulfonamides is 1. The Kier molecular flexibility index (Phi) is 4.99. The fourth-order valence-corrected chi connectivity index (χ4v) is 3.99. The highest BCUT2D eigenvalue weighted by Gasteiger charge is 2.18. The van der Waals surface area contributed by atoms with E-state index in [1.807, 2.05) is 19.1 Å². The van der Waals surface area contributed by atoms with Gasteiger partial charge in [0.1, 0.15) is 0 Å². The van der Waals surface area contributed by atoms with Crippen LogP contribution in [0.4, 0.5) is 11.4 Å². The van der Waals surface area contributed by atoms with Gasteiger partial charge in [0.2, 0.25) is 0 Å². The summed E-state index contributed by atoms with van der Waals surface area (Å²) in [6, 6.07) is 12.1. The number of nitrogens with one attached hydrogen (secondary N) is 1. The molecule has 1 N–H and O–H groups in total. The zero-order chi connectivity index (χ0) is 17.2. The van der Waals surface area contributed by atoms with Crippen molar-refractivity contribution in [3.63, 3.8) is 0 Å². The van der Waals surface area contributed by atoms with Crippen molar-refractivity contribution in [1.29, 1.82) is 0 Å². The summed E-state index contributed by atoms with van der Waals surface area (Å²) in [7, 11) is -3.68. The van der Waals surface area contributed by atoms with E-state index in [-0.39, 0.29) is 4.90 Å². The van der Waals surface area contributed by atoms with Crippen molar-refractivity contribution < 1.29 is 13.2 Å². The minimum absolute atomic E-state index is 0.218. The summed E-state index contributed by atoms with van der Waals surface area (Å²) in [6.07, 6.45) is 0. The van der Waals surface area contributed by atoms with Crippen LogP contribution in [-0.2, 0) is 14.8 Å². The van der Waals surface area contributed by atoms with Crippen molar-refractivity contribution in [3.05, 3.63) is 53.1 Å². The van der Waals surface area contributed by atoms with Crippen LogP contribution in [0, 0.1) is 6.92 Å². The van der Waals surface area contributed by atoms with E-state index in [2.05, 4.69) is 9.62 Å². The van der Waals surface area contributed by atoms with Crippen LogP contribution in [0.5, 0.6) is 0 Å². The molecule has 0 bridgehead atoms. The summed E-state index contributed by atoms with van der Waals surface area (Å²) >= 11 is 6.19. The summed E-state index contributed by atoms with van der Waals surface area (Å²) in [5.41, 5.74) is 2.18. The Morgan fingerprint density at radius 1 is 1.12 bits per heavy atom. The molecule has 1 saturated heterocycles. The Hall–Kier alpha value is -1.76. The standard InChI is InChI=1S/C17H19ClN2O3S/c1-13-3-2-4-15(11-13)24(21,22)19-17-12-14(5-6-16(17)18)20-7-9-23-10-8-20/h2-6,11-12,19H,7-10H2,1H3. The molecular weight excluding hydrogens is 348 g/mol. The molecule has 7 heteroatoms. The lowest BCUT2D eigenvalue weighted by molar-refractivity contribution is 0.122. The number of ether oxygens (including phenoxy) is 1. The van der Waals surface area contributed by atoms with Gasteiger partial charge < -0.3 is 9.64 Å². The third-order valence-electron chi connectivity index (χ3n) is 3.87. The first-order valence-corrected chi connectivity index (χ1v) is 9.53. The smallest absolute Gasteiger partial charge is 0.261 e. The van der Waals surface area contributed by atoms with Crippen molar-refractivity contribution in [2.45, 2.75) is 11.8 Å². The van der Waals surface area contributed by atoms with Crippen LogP contribution in [0.3, 0.4) is 0 Å². The number of nitrogens with zero attached hydrogens (tertiary/aromatic N) is 1. The highest BCUT2D eigenvalue weighted by Crippen LogP contribution is 2.30. The molecule has 1 aliphatic rings. The molecule has 0 unspecified atom stereocenters. The minimum Gasteiger partial charge on any atom is -0.378 e. The molecule has 1 fully saturated rings. The molecule has 128 valence electrons. The van der Waals surface area contributed by atoms with Crippen LogP contribution in [0.2, 0.25) is 5.02 Å². The molecule has 0 spiro atoms. The van der Waals surface area contributed by atoms with E-state index >= 15 is 0 Å². The van der Waals surface area contributed by atoms with Gasteiger partial charge in [-0.1, -0.05) is 23.7 Å². The predicted octanol–water partition coefficient (Wildman–Crippen LogP) is 3.29. The number of hydrogen-bond acceptors (Lipinski definition) is 4. The van der Waals surface area contributed by atoms with Gasteiger partial charge in [0, 0.05) is 18.8 Å². The molecule has 0 aromatic heterocycles. The fourth-order valence-electron chi connectivity index (χ4n) is 2.60. The second-order valence-electron chi connectivity index (χ2n) is 5.69. The van der Waals surface area contributed by atoms with E-state index in [0.717, 1.165) is 24.3 Å². The molecule has 5 nitrogen and oxygen atoms in total. The number of benzene rings is 2. The lowest BCUT2D eigenvalue weighted by Gasteiger charge is -2.29. The molecule has 0 atom stereocenters. The summed E-state index contributed by atoms with van der Waals surface area (Å²) in [6.45, 7) is 4.71. The summed E-state index contributed by atoms with van der Waals surface area (Å²) in [5.74, 6) is 0. The van der Waals surface area contributed by atoms with Crippen LogP contribution < -0.4 is 9.62 Å². The Bertz CT molecular complexity index is 833. The van der Waals surface area contributed by atoms with E-state index in [4.69, 9.17) is 16.3 Å². The summed E-state index contributed by atoms with van der Waals surface area (Å²) in [4.78, 5) is 2.36. The molecule has 24 heavy (non-hydrogen) atoms. The average Bonchev–Trinajstić information content (AvgIpc) is 2.57. The van der Waals surface area contributed by atoms with Crippen molar-refractivity contribution in [2.24, 2.45) is 0 Å². The SMILES string of the molecule is Cc1cccc(S(=O)(=O)Nc2cc(N3CCOCC3)ccc2Cl)c1. The lowest BCUT2D eigenvalue weighted by Crippen LogP contribution is -2.36. The van der Waals surface area contributed by atoms with Crippen molar-refractivity contribution >= 4 is 33.0 Å². The minimum atomic E-state index is -3.68. The molecule has 2 aromatic carbocycles. The van der Waals surface area contributed by atoms with Crippen LogP contribution in [0.1, 0.15) is 5.56 Å². The summed E-state index contributed by atoms with van der Waals surface area (Å²) < 4.78 is 33.1.